The maximum atomic E-state index is 12.9. The van der Waals surface area contributed by atoms with Crippen molar-refractivity contribution in [3.63, 3.8) is 0 Å². The van der Waals surface area contributed by atoms with Crippen LogP contribution in [-0.4, -0.2) is 18.7 Å². The molecule has 0 aromatic heterocycles. The SMILES string of the molecule is COc1ccc(CC2=CC(=O)c3cc4ccccc4cc3C2=O)cc1. The minimum Gasteiger partial charge on any atom is -0.497 e. The van der Waals surface area contributed by atoms with Gasteiger partial charge in [0.25, 0.3) is 0 Å². The summed E-state index contributed by atoms with van der Waals surface area (Å²) in [6.07, 6.45) is 1.91. The van der Waals surface area contributed by atoms with Gasteiger partial charge in [0.15, 0.2) is 11.6 Å². The molecule has 0 atom stereocenters. The summed E-state index contributed by atoms with van der Waals surface area (Å²) in [7, 11) is 1.61. The molecule has 0 N–H and O–H groups in total. The van der Waals surface area contributed by atoms with Crippen molar-refractivity contribution in [3.8, 4) is 5.75 Å². The van der Waals surface area contributed by atoms with Crippen molar-refractivity contribution < 1.29 is 14.3 Å². The summed E-state index contributed by atoms with van der Waals surface area (Å²) in [4.78, 5) is 25.4. The largest absolute Gasteiger partial charge is 0.497 e. The summed E-state index contributed by atoms with van der Waals surface area (Å²) in [6.45, 7) is 0. The van der Waals surface area contributed by atoms with Gasteiger partial charge in [-0.3, -0.25) is 9.59 Å². The number of benzene rings is 3. The van der Waals surface area contributed by atoms with Crippen LogP contribution in [0.15, 0.2) is 72.3 Å². The summed E-state index contributed by atoms with van der Waals surface area (Å²) < 4.78 is 5.15. The van der Waals surface area contributed by atoms with Crippen LogP contribution < -0.4 is 4.74 Å². The fourth-order valence-corrected chi connectivity index (χ4v) is 3.20. The molecule has 0 fully saturated rings. The van der Waals surface area contributed by atoms with Crippen LogP contribution in [0.1, 0.15) is 26.3 Å². The van der Waals surface area contributed by atoms with E-state index < -0.39 is 0 Å². The van der Waals surface area contributed by atoms with E-state index in [9.17, 15) is 9.59 Å². The van der Waals surface area contributed by atoms with Gasteiger partial charge < -0.3 is 4.74 Å². The van der Waals surface area contributed by atoms with Gasteiger partial charge in [-0.25, -0.2) is 0 Å². The molecule has 4 rings (SSSR count). The van der Waals surface area contributed by atoms with E-state index in [1.165, 1.54) is 6.08 Å². The zero-order valence-corrected chi connectivity index (χ0v) is 13.8. The maximum absolute atomic E-state index is 12.9. The van der Waals surface area contributed by atoms with Crippen LogP contribution in [0.25, 0.3) is 10.8 Å². The molecule has 0 heterocycles. The molecule has 0 spiro atoms. The number of ketones is 2. The number of Topliss-reactive ketones (excluding diaryl/α,β-unsaturated/α-hetero) is 1. The summed E-state index contributed by atoms with van der Waals surface area (Å²) in [6, 6.07) is 18.9. The van der Waals surface area contributed by atoms with Crippen LogP contribution in [0.3, 0.4) is 0 Å². The van der Waals surface area contributed by atoms with Crippen LogP contribution in [0.5, 0.6) is 5.75 Å². The first-order chi connectivity index (χ1) is 12.2. The zero-order valence-electron chi connectivity index (χ0n) is 13.8. The van der Waals surface area contributed by atoms with Crippen molar-refractivity contribution in [3.05, 3.63) is 89.0 Å². The third-order valence-corrected chi connectivity index (χ3v) is 4.55. The highest BCUT2D eigenvalue weighted by molar-refractivity contribution is 6.26. The van der Waals surface area contributed by atoms with Crippen LogP contribution in [-0.2, 0) is 6.42 Å². The van der Waals surface area contributed by atoms with Gasteiger partial charge in [-0.1, -0.05) is 36.4 Å². The molecule has 0 amide bonds. The van der Waals surface area contributed by atoms with Gasteiger partial charge in [0, 0.05) is 23.1 Å². The van der Waals surface area contributed by atoms with E-state index in [1.54, 1.807) is 7.11 Å². The number of ether oxygens (including phenoxy) is 1. The molecule has 1 aliphatic carbocycles. The second-order valence-corrected chi connectivity index (χ2v) is 6.13. The third-order valence-electron chi connectivity index (χ3n) is 4.55. The average molecular weight is 328 g/mol. The van der Waals surface area contributed by atoms with Gasteiger partial charge in [-0.15, -0.1) is 0 Å². The Labute approximate surface area is 145 Å². The topological polar surface area (TPSA) is 43.4 Å². The molecule has 0 saturated carbocycles. The fourth-order valence-electron chi connectivity index (χ4n) is 3.20. The lowest BCUT2D eigenvalue weighted by Crippen LogP contribution is -2.18. The molecule has 1 aliphatic rings. The normalized spacial score (nSPS) is 13.6. The lowest BCUT2D eigenvalue weighted by Gasteiger charge is -2.16. The van der Waals surface area contributed by atoms with Crippen LogP contribution in [0.4, 0.5) is 0 Å². The van der Waals surface area contributed by atoms with Crippen molar-refractivity contribution in [1.82, 2.24) is 0 Å². The summed E-state index contributed by atoms with van der Waals surface area (Å²) in [5.41, 5.74) is 2.48. The molecule has 3 heteroatoms. The molecule has 122 valence electrons. The highest BCUT2D eigenvalue weighted by atomic mass is 16.5. The highest BCUT2D eigenvalue weighted by Crippen LogP contribution is 2.28. The van der Waals surface area contributed by atoms with E-state index in [-0.39, 0.29) is 11.6 Å². The molecular weight excluding hydrogens is 312 g/mol. The Bertz CT molecular complexity index is 1030. The number of rotatable bonds is 3. The number of carbonyl (C=O) groups excluding carboxylic acids is 2. The van der Waals surface area contributed by atoms with Crippen LogP contribution in [0, 0.1) is 0 Å². The third kappa shape index (κ3) is 2.74. The monoisotopic (exact) mass is 328 g/mol. The fraction of sp³-hybridized carbons (Fsp3) is 0.0909. The van der Waals surface area contributed by atoms with Crippen LogP contribution >= 0.6 is 0 Å². The molecule has 3 aromatic rings. The Morgan fingerprint density at radius 2 is 1.48 bits per heavy atom. The van der Waals surface area contributed by atoms with E-state index in [4.69, 9.17) is 4.74 Å². The zero-order chi connectivity index (χ0) is 17.4. The Kier molecular flexibility index (Phi) is 3.69. The predicted molar refractivity (Wildman–Crippen MR) is 97.4 cm³/mol. The Morgan fingerprint density at radius 1 is 0.840 bits per heavy atom. The van der Waals surface area contributed by atoms with Gasteiger partial charge in [-0.2, -0.15) is 0 Å². The van der Waals surface area contributed by atoms with Crippen LogP contribution in [0.2, 0.25) is 0 Å². The van der Waals surface area contributed by atoms with Gasteiger partial charge in [-0.05, 0) is 46.7 Å². The molecule has 0 radical (unpaired) electrons. The Morgan fingerprint density at radius 3 is 2.12 bits per heavy atom. The van der Waals surface area contributed by atoms with E-state index in [0.717, 1.165) is 22.1 Å². The second kappa shape index (κ2) is 6.02. The first-order valence-electron chi connectivity index (χ1n) is 8.11. The minimum atomic E-state index is -0.108. The lowest BCUT2D eigenvalue weighted by atomic mass is 9.85. The lowest BCUT2D eigenvalue weighted by molar-refractivity contribution is 0.0982. The van der Waals surface area contributed by atoms with E-state index in [1.807, 2.05) is 60.7 Å². The molecule has 3 nitrogen and oxygen atoms in total. The number of methoxy groups -OCH3 is 1. The van der Waals surface area contributed by atoms with Crippen molar-refractivity contribution in [2.75, 3.05) is 7.11 Å². The predicted octanol–water partition coefficient (Wildman–Crippen LogP) is 4.40. The summed E-state index contributed by atoms with van der Waals surface area (Å²) >= 11 is 0. The van der Waals surface area contributed by atoms with Crippen molar-refractivity contribution in [2.24, 2.45) is 0 Å². The smallest absolute Gasteiger partial charge is 0.190 e. The van der Waals surface area contributed by atoms with Crippen molar-refractivity contribution in [1.29, 1.82) is 0 Å². The summed E-state index contributed by atoms with van der Waals surface area (Å²) in [5.74, 6) is 0.584. The average Bonchev–Trinajstić information content (AvgIpc) is 2.65. The Hall–Kier alpha value is -3.20. The number of allylic oxidation sites excluding steroid dienone is 2. The first-order valence-corrected chi connectivity index (χ1v) is 8.11. The molecule has 25 heavy (non-hydrogen) atoms. The standard InChI is InChI=1S/C22H16O3/c1-25-18-8-6-14(7-9-18)10-17-13-21(23)19-11-15-4-2-3-5-16(15)12-20(19)22(17)24/h2-9,11-13H,10H2,1H3. The Balaban J connectivity index is 1.71. The van der Waals surface area contributed by atoms with Gasteiger partial charge >= 0.3 is 0 Å². The second-order valence-electron chi connectivity index (χ2n) is 6.13. The van der Waals surface area contributed by atoms with Gasteiger partial charge in [0.05, 0.1) is 7.11 Å². The van der Waals surface area contributed by atoms with E-state index in [2.05, 4.69) is 0 Å². The molecule has 0 aliphatic heterocycles. The quantitative estimate of drug-likeness (QED) is 0.716. The van der Waals surface area contributed by atoms with Crippen molar-refractivity contribution >= 4 is 22.3 Å². The van der Waals surface area contributed by atoms with E-state index >= 15 is 0 Å². The molecule has 0 unspecified atom stereocenters. The first kappa shape index (κ1) is 15.3. The molecule has 3 aromatic carbocycles. The van der Waals surface area contributed by atoms with Gasteiger partial charge in [0.1, 0.15) is 5.75 Å². The number of carbonyl (C=O) groups is 2. The number of hydrogen-bond donors (Lipinski definition) is 0. The highest BCUT2D eigenvalue weighted by Gasteiger charge is 2.26. The van der Waals surface area contributed by atoms with Gasteiger partial charge in [0.2, 0.25) is 0 Å². The number of hydrogen-bond acceptors (Lipinski definition) is 3. The summed E-state index contributed by atoms with van der Waals surface area (Å²) in [5, 5.41) is 1.93. The minimum absolute atomic E-state index is 0.0730. The molecular formula is C22H16O3. The molecule has 0 bridgehead atoms. The van der Waals surface area contributed by atoms with E-state index in [0.29, 0.717) is 23.1 Å². The van der Waals surface area contributed by atoms with Crippen molar-refractivity contribution in [2.45, 2.75) is 6.42 Å². The molecule has 0 saturated heterocycles. The maximum Gasteiger partial charge on any atom is 0.190 e. The number of fused-ring (bicyclic) bond motifs is 2.